The van der Waals surface area contributed by atoms with E-state index in [0.717, 1.165) is 16.7 Å². The number of benzene rings is 3. The van der Waals surface area contributed by atoms with Crippen LogP contribution < -0.4 is 0 Å². The van der Waals surface area contributed by atoms with E-state index in [1.807, 2.05) is 112 Å². The van der Waals surface area contributed by atoms with Gasteiger partial charge in [0.05, 0.1) is 32.5 Å². The van der Waals surface area contributed by atoms with Crippen molar-refractivity contribution in [3.05, 3.63) is 118 Å². The fourth-order valence-electron chi connectivity index (χ4n) is 6.56. The van der Waals surface area contributed by atoms with Crippen LogP contribution in [-0.4, -0.2) is 80.9 Å². The second-order valence-corrected chi connectivity index (χ2v) is 12.9. The molecule has 3 aliphatic heterocycles. The number of hydrogen-bond donors (Lipinski definition) is 0. The average molecular weight is 676 g/mol. The molecule has 49 heavy (non-hydrogen) atoms. The Morgan fingerprint density at radius 2 is 1.27 bits per heavy atom. The van der Waals surface area contributed by atoms with Gasteiger partial charge in [0.15, 0.2) is 18.4 Å². The highest BCUT2D eigenvalue weighted by atomic mass is 16.8. The zero-order chi connectivity index (χ0) is 34.2. The summed E-state index contributed by atoms with van der Waals surface area (Å²) >= 11 is 0. The lowest BCUT2D eigenvalue weighted by Crippen LogP contribution is -2.63. The molecule has 262 valence electrons. The van der Waals surface area contributed by atoms with Crippen LogP contribution in [0.15, 0.2) is 96.1 Å². The van der Waals surface area contributed by atoms with Gasteiger partial charge >= 0.3 is 0 Å². The number of fused-ring (bicyclic) bond motifs is 1. The Kier molecular flexibility index (Phi) is 12.0. The van der Waals surface area contributed by atoms with Gasteiger partial charge in [0, 0.05) is 12.0 Å². The first-order valence-corrected chi connectivity index (χ1v) is 16.7. The molecule has 0 unspecified atom stereocenters. The first-order valence-electron chi connectivity index (χ1n) is 16.7. The SMILES string of the molecule is CO[C@@H]1O[C@@H](C)[C@H](O[C@@H]2O[C@H](COCc3ccccc3)[C@H](OCc3ccccc3)[C@H](OCc3ccccc3)[C@H]2N=[N+]=[N-])[C@H]2OC(C)(C)O[C@@H]12. The van der Waals surface area contributed by atoms with Crippen molar-refractivity contribution in [2.24, 2.45) is 5.11 Å². The van der Waals surface area contributed by atoms with Gasteiger partial charge in [0.2, 0.25) is 0 Å². The highest BCUT2D eigenvalue weighted by Crippen LogP contribution is 2.41. The van der Waals surface area contributed by atoms with Gasteiger partial charge in [-0.2, -0.15) is 0 Å². The van der Waals surface area contributed by atoms with Crippen LogP contribution in [0.2, 0.25) is 0 Å². The van der Waals surface area contributed by atoms with Gasteiger partial charge in [-0.1, -0.05) is 96.1 Å². The summed E-state index contributed by atoms with van der Waals surface area (Å²) in [5, 5.41) is 4.21. The molecule has 0 aliphatic carbocycles. The number of ether oxygens (including phenoxy) is 9. The smallest absolute Gasteiger partial charge is 0.186 e. The topological polar surface area (TPSA) is 132 Å². The molecule has 0 spiro atoms. The fraction of sp³-hybridized carbons (Fsp3) is 0.514. The second kappa shape index (κ2) is 16.5. The minimum Gasteiger partial charge on any atom is -0.374 e. The molecule has 3 aliphatic rings. The Balaban J connectivity index is 1.31. The summed E-state index contributed by atoms with van der Waals surface area (Å²) in [5.41, 5.74) is 12.8. The third-order valence-electron chi connectivity index (χ3n) is 8.85. The molecule has 10 atom stereocenters. The Hall–Kier alpha value is -3.39. The third-order valence-corrected chi connectivity index (χ3v) is 8.85. The first kappa shape index (κ1) is 35.4. The van der Waals surface area contributed by atoms with Crippen molar-refractivity contribution < 1.29 is 42.6 Å². The predicted molar refractivity (Wildman–Crippen MR) is 178 cm³/mol. The van der Waals surface area contributed by atoms with Gasteiger partial charge in [-0.25, -0.2) is 0 Å². The lowest BCUT2D eigenvalue weighted by atomic mass is 9.95. The normalized spacial score (nSPS) is 32.2. The Morgan fingerprint density at radius 1 is 0.714 bits per heavy atom. The van der Waals surface area contributed by atoms with Gasteiger partial charge < -0.3 is 42.6 Å². The van der Waals surface area contributed by atoms with E-state index in [4.69, 9.17) is 42.6 Å². The van der Waals surface area contributed by atoms with Crippen LogP contribution in [0.3, 0.4) is 0 Å². The van der Waals surface area contributed by atoms with Crippen LogP contribution in [0.4, 0.5) is 0 Å². The molecule has 6 rings (SSSR count). The number of methoxy groups -OCH3 is 1. The van der Waals surface area contributed by atoms with E-state index in [1.165, 1.54) is 0 Å². The van der Waals surface area contributed by atoms with Crippen molar-refractivity contribution in [2.75, 3.05) is 13.7 Å². The van der Waals surface area contributed by atoms with Gasteiger partial charge in [-0.15, -0.1) is 0 Å². The van der Waals surface area contributed by atoms with Gasteiger partial charge in [0.1, 0.15) is 42.7 Å². The van der Waals surface area contributed by atoms with Crippen molar-refractivity contribution >= 4 is 0 Å². The van der Waals surface area contributed by atoms with Crippen LogP contribution in [0.25, 0.3) is 10.4 Å². The van der Waals surface area contributed by atoms with Crippen LogP contribution in [-0.2, 0) is 62.5 Å². The molecule has 3 heterocycles. The summed E-state index contributed by atoms with van der Waals surface area (Å²) in [5.74, 6) is -0.899. The lowest BCUT2D eigenvalue weighted by molar-refractivity contribution is -0.332. The molecule has 3 saturated heterocycles. The van der Waals surface area contributed by atoms with E-state index < -0.39 is 67.1 Å². The van der Waals surface area contributed by atoms with E-state index in [1.54, 1.807) is 7.11 Å². The van der Waals surface area contributed by atoms with Crippen molar-refractivity contribution in [3.8, 4) is 0 Å². The predicted octanol–water partition coefficient (Wildman–Crippen LogP) is 6.07. The Labute approximate surface area is 287 Å². The van der Waals surface area contributed by atoms with Crippen molar-refractivity contribution in [2.45, 2.75) is 108 Å². The Bertz CT molecular complexity index is 1490. The Morgan fingerprint density at radius 3 is 1.84 bits per heavy atom. The monoisotopic (exact) mass is 675 g/mol. The van der Waals surface area contributed by atoms with Crippen molar-refractivity contribution in [3.63, 3.8) is 0 Å². The average Bonchev–Trinajstić information content (AvgIpc) is 3.45. The number of rotatable bonds is 14. The molecule has 0 radical (unpaired) electrons. The molecule has 3 fully saturated rings. The van der Waals surface area contributed by atoms with Crippen LogP contribution >= 0.6 is 0 Å². The third kappa shape index (κ3) is 8.86. The summed E-state index contributed by atoms with van der Waals surface area (Å²) in [6.45, 7) is 6.59. The molecule has 0 bridgehead atoms. The van der Waals surface area contributed by atoms with Crippen LogP contribution in [0.5, 0.6) is 0 Å². The van der Waals surface area contributed by atoms with Gasteiger partial charge in [-0.05, 0) is 43.0 Å². The summed E-state index contributed by atoms with van der Waals surface area (Å²) in [4.78, 5) is 3.21. The van der Waals surface area contributed by atoms with E-state index in [9.17, 15) is 5.53 Å². The summed E-state index contributed by atoms with van der Waals surface area (Å²) < 4.78 is 57.1. The maximum absolute atomic E-state index is 9.85. The summed E-state index contributed by atoms with van der Waals surface area (Å²) in [7, 11) is 1.57. The molecule has 12 nitrogen and oxygen atoms in total. The van der Waals surface area contributed by atoms with Crippen molar-refractivity contribution in [1.29, 1.82) is 0 Å². The number of azide groups is 1. The highest BCUT2D eigenvalue weighted by Gasteiger charge is 2.57. The van der Waals surface area contributed by atoms with E-state index in [0.29, 0.717) is 6.61 Å². The molecule has 0 saturated carbocycles. The number of nitrogens with zero attached hydrogens (tertiary/aromatic N) is 3. The standard InChI is InChI=1S/C37H45N3O9/c1-24-30(33-34(36(41-4)45-24)49-37(2,3)48-33)47-35-29(39-40-38)32(44-22-27-18-12-7-13-19-27)31(43-21-26-16-10-6-11-17-26)28(46-35)23-42-20-25-14-8-5-9-15-25/h5-19,24,28-36H,20-23H2,1-4H3/t24-,28+,29+,30-,31-,32+,33+,34+,35-,36+/m0/s1. The summed E-state index contributed by atoms with van der Waals surface area (Å²) in [6, 6.07) is 28.6. The van der Waals surface area contributed by atoms with Gasteiger partial charge in [-0.3, -0.25) is 0 Å². The highest BCUT2D eigenvalue weighted by molar-refractivity contribution is 5.16. The molecular weight excluding hydrogens is 630 g/mol. The fourth-order valence-corrected chi connectivity index (χ4v) is 6.56. The molecule has 3 aromatic carbocycles. The summed E-state index contributed by atoms with van der Waals surface area (Å²) in [6.07, 6.45) is -6.11. The van der Waals surface area contributed by atoms with E-state index in [-0.39, 0.29) is 19.8 Å². The van der Waals surface area contributed by atoms with Crippen LogP contribution in [0.1, 0.15) is 37.5 Å². The lowest BCUT2D eigenvalue weighted by Gasteiger charge is -2.47. The van der Waals surface area contributed by atoms with Crippen LogP contribution in [0, 0.1) is 0 Å². The maximum Gasteiger partial charge on any atom is 0.186 e. The zero-order valence-corrected chi connectivity index (χ0v) is 28.3. The largest absolute Gasteiger partial charge is 0.374 e. The molecule has 12 heteroatoms. The minimum atomic E-state index is -1.07. The molecule has 0 amide bonds. The van der Waals surface area contributed by atoms with Gasteiger partial charge in [0.25, 0.3) is 0 Å². The first-order chi connectivity index (χ1) is 23.8. The quantitative estimate of drug-likeness (QED) is 0.113. The number of hydrogen-bond acceptors (Lipinski definition) is 10. The van der Waals surface area contributed by atoms with Crippen molar-refractivity contribution in [1.82, 2.24) is 0 Å². The molecule has 0 N–H and O–H groups in total. The molecule has 0 aromatic heterocycles. The van der Waals surface area contributed by atoms with E-state index >= 15 is 0 Å². The molecular formula is C37H45N3O9. The maximum atomic E-state index is 9.85. The molecule has 3 aromatic rings. The van der Waals surface area contributed by atoms with E-state index in [2.05, 4.69) is 10.0 Å². The minimum absolute atomic E-state index is 0.156. The zero-order valence-electron chi connectivity index (χ0n) is 28.3. The second-order valence-electron chi connectivity index (χ2n) is 12.9.